The van der Waals surface area contributed by atoms with E-state index in [0.29, 0.717) is 0 Å². The molecule has 43 heavy (non-hydrogen) atoms. The predicted octanol–water partition coefficient (Wildman–Crippen LogP) is 9.16. The minimum Gasteiger partial charge on any atom is -0.380 e. The van der Waals surface area contributed by atoms with Gasteiger partial charge in [0.15, 0.2) is 0 Å². The minimum atomic E-state index is -2.61. The lowest BCUT2D eigenvalue weighted by Crippen LogP contribution is -2.47. The number of benzene rings is 2. The van der Waals surface area contributed by atoms with Gasteiger partial charge in [0, 0.05) is 9.79 Å². The second-order valence-electron chi connectivity index (χ2n) is 16.4. The highest BCUT2D eigenvalue weighted by Crippen LogP contribution is 2.56. The van der Waals surface area contributed by atoms with Crippen molar-refractivity contribution in [1.82, 2.24) is 0 Å². The summed E-state index contributed by atoms with van der Waals surface area (Å²) >= 11 is 9.69. The summed E-state index contributed by atoms with van der Waals surface area (Å²) in [6.45, 7) is 33.4. The van der Waals surface area contributed by atoms with Crippen LogP contribution in [-0.2, 0) is 31.6 Å². The Kier molecular flexibility index (Phi) is 13.1. The van der Waals surface area contributed by atoms with E-state index < -0.39 is 28.2 Å². The van der Waals surface area contributed by atoms with Gasteiger partial charge in [-0.25, -0.2) is 4.31 Å². The molecule has 0 aliphatic rings. The molecule has 0 unspecified atom stereocenters. The highest BCUT2D eigenvalue weighted by atomic mass is 32.1. The number of rotatable bonds is 4. The van der Waals surface area contributed by atoms with Crippen LogP contribution in [0.15, 0.2) is 34.1 Å². The van der Waals surface area contributed by atoms with Gasteiger partial charge < -0.3 is 24.7 Å². The summed E-state index contributed by atoms with van der Waals surface area (Å²) in [4.78, 5) is 33.1. The molecule has 0 amide bonds. The summed E-state index contributed by atoms with van der Waals surface area (Å²) in [5, 5.41) is 13.6. The fraction of sp³-hybridized carbons (Fsp3) is 0.636. The van der Waals surface area contributed by atoms with Crippen molar-refractivity contribution in [2.45, 2.75) is 141 Å². The number of hydrogen-bond donors (Lipinski definition) is 7. The zero-order valence-electron chi connectivity index (χ0n) is 28.7. The van der Waals surface area contributed by atoms with Gasteiger partial charge in [-0.1, -0.05) is 104 Å². The van der Waals surface area contributed by atoms with E-state index in [-0.39, 0.29) is 21.7 Å². The number of hydrogen-bond acceptors (Lipinski definition) is 8. The molecule has 0 aliphatic heterocycles. The Hall–Kier alpha value is -0.240. The van der Waals surface area contributed by atoms with E-state index in [2.05, 4.69) is 132 Å². The van der Waals surface area contributed by atoms with Crippen LogP contribution in [0.3, 0.4) is 0 Å². The molecule has 0 fully saturated rings. The van der Waals surface area contributed by atoms with Crippen molar-refractivity contribution >= 4 is 42.5 Å². The van der Waals surface area contributed by atoms with E-state index in [1.807, 2.05) is 0 Å². The molecule has 0 atom stereocenters. The molecule has 0 aliphatic carbocycles. The first-order valence-electron chi connectivity index (χ1n) is 14.4. The van der Waals surface area contributed by atoms with Gasteiger partial charge in [-0.3, -0.25) is 0 Å². The Bertz CT molecular complexity index is 1100. The molecule has 0 heterocycles. The number of aliphatic hydroxyl groups is 1. The molecule has 0 saturated carbocycles. The van der Waals surface area contributed by atoms with E-state index >= 15 is 0 Å². The fourth-order valence-corrected chi connectivity index (χ4v) is 6.38. The van der Waals surface area contributed by atoms with Crippen LogP contribution in [0.4, 0.5) is 0 Å². The largest absolute Gasteiger partial charge is 0.380 e. The van der Waals surface area contributed by atoms with Gasteiger partial charge in [0.05, 0.1) is 0 Å². The third-order valence-electron chi connectivity index (χ3n) is 7.43. The lowest BCUT2D eigenvalue weighted by atomic mass is 9.58. The van der Waals surface area contributed by atoms with Crippen LogP contribution >= 0.6 is 42.5 Å². The summed E-state index contributed by atoms with van der Waals surface area (Å²) < 4.78 is 3.60. The summed E-state index contributed by atoms with van der Waals surface area (Å²) in [5.74, 6) is 0. The molecule has 0 saturated heterocycles. The molecule has 6 nitrogen and oxygen atoms in total. The normalized spacial score (nSPS) is 13.9. The van der Waals surface area contributed by atoms with Crippen LogP contribution in [0.25, 0.3) is 0 Å². The van der Waals surface area contributed by atoms with Crippen LogP contribution < -0.4 is 0 Å². The quantitative estimate of drug-likeness (QED) is 0.129. The minimum absolute atomic E-state index is 0.194. The Labute approximate surface area is 274 Å². The van der Waals surface area contributed by atoms with Gasteiger partial charge in [0.1, 0.15) is 5.60 Å². The van der Waals surface area contributed by atoms with E-state index in [1.165, 1.54) is 0 Å². The predicted molar refractivity (Wildman–Crippen MR) is 188 cm³/mol. The van der Waals surface area contributed by atoms with Crippen molar-refractivity contribution in [1.29, 1.82) is 0 Å². The topological polar surface area (TPSA) is 110 Å². The van der Waals surface area contributed by atoms with Gasteiger partial charge in [0.2, 0.25) is 0 Å². The first-order valence-corrected chi connectivity index (χ1v) is 17.6. The van der Waals surface area contributed by atoms with Crippen LogP contribution in [0, 0.1) is 5.41 Å². The van der Waals surface area contributed by atoms with E-state index in [1.54, 1.807) is 0 Å². The van der Waals surface area contributed by atoms with Gasteiger partial charge >= 0.3 is 17.2 Å². The molecular formula is C33H56O6P2S2. The van der Waals surface area contributed by atoms with E-state index in [9.17, 15) is 5.11 Å². The molecule has 2 rings (SSSR count). The lowest BCUT2D eigenvalue weighted by molar-refractivity contribution is -0.0313. The van der Waals surface area contributed by atoms with Crippen molar-refractivity contribution in [3.05, 3.63) is 57.6 Å². The van der Waals surface area contributed by atoms with Crippen molar-refractivity contribution in [2.75, 3.05) is 0 Å². The van der Waals surface area contributed by atoms with Crippen molar-refractivity contribution in [3.63, 3.8) is 0 Å². The summed E-state index contributed by atoms with van der Waals surface area (Å²) in [6.07, 6.45) is 0. The summed E-state index contributed by atoms with van der Waals surface area (Å²) in [7, 11) is -5.22. The van der Waals surface area contributed by atoms with Gasteiger partial charge in [-0.05, 0) is 84.7 Å². The van der Waals surface area contributed by atoms with Crippen LogP contribution in [0.2, 0.25) is 0 Å². The van der Waals surface area contributed by atoms with Crippen molar-refractivity contribution in [2.24, 2.45) is 5.41 Å². The van der Waals surface area contributed by atoms with Crippen LogP contribution in [0.5, 0.6) is 0 Å². The standard InChI is InChI=1S/C33H52OS2.H4O5P2/c1-28(2,3)22-16-20(35)17-23(29(4,5)6)26(22)33(34,32(13,14)15)27-24(30(7,8)9)18-21(36)19-25(27)31(10,11)12;1-6(2)5-7(3)4/h16-19,34-36H,1-15H3;1-4H. The Morgan fingerprint density at radius 1 is 0.488 bits per heavy atom. The third-order valence-corrected chi connectivity index (χ3v) is 9.12. The van der Waals surface area contributed by atoms with Crippen molar-refractivity contribution < 1.29 is 29.0 Å². The SMILES string of the molecule is CC(C)(C)c1cc(S)cc(C(C)(C)C)c1C(O)(c1c(C(C)(C)C)cc(S)cc1C(C)(C)C)C(C)(C)C.OP(O)OP(O)O. The maximum Gasteiger partial charge on any atom is 0.334 e. The maximum absolute atomic E-state index is 13.6. The Morgan fingerprint density at radius 2 is 0.698 bits per heavy atom. The molecule has 5 N–H and O–H groups in total. The molecule has 10 heteroatoms. The average Bonchev–Trinajstić information content (AvgIpc) is 2.73. The molecule has 0 radical (unpaired) electrons. The molecular weight excluding hydrogens is 618 g/mol. The molecule has 0 aromatic heterocycles. The van der Waals surface area contributed by atoms with E-state index in [0.717, 1.165) is 43.2 Å². The molecule has 0 spiro atoms. The number of thiol groups is 2. The molecule has 0 bridgehead atoms. The van der Waals surface area contributed by atoms with E-state index in [4.69, 9.17) is 44.8 Å². The first kappa shape index (κ1) is 40.8. The van der Waals surface area contributed by atoms with Crippen LogP contribution in [0.1, 0.15) is 137 Å². The molecule has 246 valence electrons. The van der Waals surface area contributed by atoms with Gasteiger partial charge in [-0.15, -0.1) is 25.3 Å². The highest BCUT2D eigenvalue weighted by molar-refractivity contribution is 7.80. The monoisotopic (exact) mass is 674 g/mol. The zero-order chi connectivity index (χ0) is 34.3. The lowest BCUT2D eigenvalue weighted by Gasteiger charge is -2.50. The van der Waals surface area contributed by atoms with Crippen LogP contribution in [-0.4, -0.2) is 24.7 Å². The molecule has 2 aromatic carbocycles. The third kappa shape index (κ3) is 10.1. The Morgan fingerprint density at radius 3 is 0.814 bits per heavy atom. The van der Waals surface area contributed by atoms with Gasteiger partial charge in [-0.2, -0.15) is 0 Å². The summed E-state index contributed by atoms with van der Waals surface area (Å²) in [5.41, 5.74) is 4.07. The fourth-order valence-electron chi connectivity index (χ4n) is 5.34. The second-order valence-corrected chi connectivity index (χ2v) is 19.1. The molecule has 2 aromatic rings. The summed E-state index contributed by atoms with van der Waals surface area (Å²) in [6, 6.07) is 8.69. The highest BCUT2D eigenvalue weighted by Gasteiger charge is 2.52. The first-order chi connectivity index (χ1) is 18.9. The average molecular weight is 675 g/mol. The smallest absolute Gasteiger partial charge is 0.334 e. The van der Waals surface area contributed by atoms with Gasteiger partial charge in [0.25, 0.3) is 0 Å². The maximum atomic E-state index is 13.6. The van der Waals surface area contributed by atoms with Crippen molar-refractivity contribution in [3.8, 4) is 0 Å². The zero-order valence-corrected chi connectivity index (χ0v) is 32.3. The Balaban J connectivity index is 0.00000117. The second kappa shape index (κ2) is 13.9.